The molecule has 1 amide bonds. The zero-order valence-electron chi connectivity index (χ0n) is 18.9. The molecule has 0 unspecified atom stereocenters. The summed E-state index contributed by atoms with van der Waals surface area (Å²) in [6.45, 7) is 1.51. The highest BCUT2D eigenvalue weighted by atomic mass is 32.2. The summed E-state index contributed by atoms with van der Waals surface area (Å²) >= 11 is 0. The first kappa shape index (κ1) is 25.7. The number of alkyl halides is 3. The maximum atomic E-state index is 13.6. The number of nitrogens with one attached hydrogen (secondary N) is 2. The lowest BCUT2D eigenvalue weighted by Crippen LogP contribution is -2.27. The third-order valence-electron chi connectivity index (χ3n) is 4.97. The molecule has 35 heavy (non-hydrogen) atoms. The van der Waals surface area contributed by atoms with Crippen molar-refractivity contribution in [3.05, 3.63) is 65.0 Å². The smallest absolute Gasteiger partial charge is 0.366 e. The average molecular weight is 510 g/mol. The molecule has 2 aromatic heterocycles. The van der Waals surface area contributed by atoms with Crippen LogP contribution in [0.2, 0.25) is 0 Å². The van der Waals surface area contributed by atoms with Crippen molar-refractivity contribution in [3.63, 3.8) is 0 Å². The minimum Gasteiger partial charge on any atom is -0.366 e. The average Bonchev–Trinajstić information content (AvgIpc) is 2.77. The molecule has 0 saturated carbocycles. The van der Waals surface area contributed by atoms with Gasteiger partial charge in [0.05, 0.1) is 6.26 Å². The van der Waals surface area contributed by atoms with Crippen LogP contribution in [0.5, 0.6) is 0 Å². The van der Waals surface area contributed by atoms with Crippen molar-refractivity contribution in [1.29, 1.82) is 0 Å². The molecule has 0 radical (unpaired) electrons. The zero-order chi connectivity index (χ0) is 26.0. The first-order valence-electron chi connectivity index (χ1n) is 10.0. The molecule has 1 aromatic carbocycles. The van der Waals surface area contributed by atoms with Gasteiger partial charge in [-0.15, -0.1) is 0 Å². The van der Waals surface area contributed by atoms with Crippen LogP contribution in [-0.2, 0) is 22.7 Å². The molecule has 0 aliphatic rings. The summed E-state index contributed by atoms with van der Waals surface area (Å²) in [4.78, 5) is 23.2. The third kappa shape index (κ3) is 6.15. The number of amides is 1. The van der Waals surface area contributed by atoms with Crippen LogP contribution in [0.4, 0.5) is 36.4 Å². The summed E-state index contributed by atoms with van der Waals surface area (Å²) < 4.78 is 65.6. The Morgan fingerprint density at radius 2 is 1.91 bits per heavy atom. The largest absolute Gasteiger partial charge is 0.421 e. The number of halogens is 3. The van der Waals surface area contributed by atoms with E-state index in [1.165, 1.54) is 37.5 Å². The Morgan fingerprint density at radius 1 is 1.20 bits per heavy atom. The van der Waals surface area contributed by atoms with E-state index in [-0.39, 0.29) is 23.9 Å². The van der Waals surface area contributed by atoms with Gasteiger partial charge in [0.15, 0.2) is 0 Å². The molecule has 0 spiro atoms. The SMILES string of the molecule is Cc1ccc(C(N)=O)cc1Nc1ncc(C(F)(F)F)c(NCc2cccnc2N(C)S(C)(=O)=O)n1. The number of benzene rings is 1. The van der Waals surface area contributed by atoms with Gasteiger partial charge >= 0.3 is 6.18 Å². The highest BCUT2D eigenvalue weighted by Gasteiger charge is 2.35. The molecule has 0 bridgehead atoms. The van der Waals surface area contributed by atoms with Gasteiger partial charge in [-0.05, 0) is 30.7 Å². The van der Waals surface area contributed by atoms with Crippen LogP contribution in [0.25, 0.3) is 0 Å². The first-order chi connectivity index (χ1) is 16.3. The van der Waals surface area contributed by atoms with E-state index in [1.807, 2.05) is 0 Å². The second-order valence-electron chi connectivity index (χ2n) is 7.54. The van der Waals surface area contributed by atoms with Gasteiger partial charge in [-0.25, -0.2) is 18.4 Å². The molecule has 4 N–H and O–H groups in total. The second kappa shape index (κ2) is 9.74. The number of pyridine rings is 1. The molecule has 0 atom stereocenters. The molecular formula is C21H22F3N7O3S. The van der Waals surface area contributed by atoms with E-state index in [1.54, 1.807) is 13.0 Å². The predicted octanol–water partition coefficient (Wildman–Crippen LogP) is 3.05. The number of hydrogen-bond donors (Lipinski definition) is 3. The highest BCUT2D eigenvalue weighted by Crippen LogP contribution is 2.35. The fourth-order valence-electron chi connectivity index (χ4n) is 3.00. The fourth-order valence-corrected chi connectivity index (χ4v) is 3.48. The van der Waals surface area contributed by atoms with Gasteiger partial charge in [-0.3, -0.25) is 9.10 Å². The Labute approximate surface area is 199 Å². The number of carbonyl (C=O) groups excluding carboxylic acids is 1. The Balaban J connectivity index is 1.95. The Bertz CT molecular complexity index is 1360. The standard InChI is InChI=1S/C21H22F3N7O3S/c1-12-6-7-13(17(25)32)9-16(12)29-20-28-11-15(21(22,23)24)18(30-20)27-10-14-5-4-8-26-19(14)31(2)35(3,33)34/h4-9,11H,10H2,1-3H3,(H2,25,32)(H2,27,28,29,30). The maximum absolute atomic E-state index is 13.6. The summed E-state index contributed by atoms with van der Waals surface area (Å²) in [5.74, 6) is -1.31. The van der Waals surface area contributed by atoms with E-state index in [0.717, 1.165) is 10.6 Å². The lowest BCUT2D eigenvalue weighted by Gasteiger charge is -2.20. The number of carbonyl (C=O) groups is 1. The lowest BCUT2D eigenvalue weighted by atomic mass is 10.1. The predicted molar refractivity (Wildman–Crippen MR) is 125 cm³/mol. The van der Waals surface area contributed by atoms with E-state index in [2.05, 4.69) is 25.6 Å². The van der Waals surface area contributed by atoms with Gasteiger partial charge in [0.2, 0.25) is 21.9 Å². The van der Waals surface area contributed by atoms with Gasteiger partial charge in [0.1, 0.15) is 17.2 Å². The van der Waals surface area contributed by atoms with Crippen LogP contribution < -0.4 is 20.7 Å². The minimum absolute atomic E-state index is 0.0577. The van der Waals surface area contributed by atoms with E-state index in [9.17, 15) is 26.4 Å². The van der Waals surface area contributed by atoms with Gasteiger partial charge in [0, 0.05) is 42.8 Å². The minimum atomic E-state index is -4.76. The second-order valence-corrected chi connectivity index (χ2v) is 9.56. The van der Waals surface area contributed by atoms with Crippen LogP contribution in [-0.4, -0.2) is 42.6 Å². The molecule has 10 nitrogen and oxygen atoms in total. The summed E-state index contributed by atoms with van der Waals surface area (Å²) in [6.07, 6.45) is -1.78. The molecule has 0 saturated heterocycles. The number of hydrogen-bond acceptors (Lipinski definition) is 8. The van der Waals surface area contributed by atoms with Gasteiger partial charge in [-0.1, -0.05) is 12.1 Å². The summed E-state index contributed by atoms with van der Waals surface area (Å²) in [6, 6.07) is 7.64. The van der Waals surface area contributed by atoms with Crippen molar-refractivity contribution in [3.8, 4) is 0 Å². The molecule has 3 rings (SSSR count). The third-order valence-corrected chi connectivity index (χ3v) is 6.14. The summed E-state index contributed by atoms with van der Waals surface area (Å²) in [5.41, 5.74) is 5.76. The van der Waals surface area contributed by atoms with Gasteiger partial charge < -0.3 is 16.4 Å². The van der Waals surface area contributed by atoms with Crippen LogP contribution in [0.3, 0.4) is 0 Å². The molecule has 3 aromatic rings. The van der Waals surface area contributed by atoms with Crippen LogP contribution in [0, 0.1) is 6.92 Å². The van der Waals surface area contributed by atoms with E-state index in [0.29, 0.717) is 23.0 Å². The number of nitrogens with two attached hydrogens (primary N) is 1. The van der Waals surface area contributed by atoms with E-state index >= 15 is 0 Å². The number of rotatable bonds is 8. The monoisotopic (exact) mass is 509 g/mol. The lowest BCUT2D eigenvalue weighted by molar-refractivity contribution is -0.137. The fraction of sp³-hybridized carbons (Fsp3) is 0.238. The van der Waals surface area contributed by atoms with Gasteiger partial charge in [0.25, 0.3) is 0 Å². The van der Waals surface area contributed by atoms with Crippen molar-refractivity contribution in [1.82, 2.24) is 15.0 Å². The topological polar surface area (TPSA) is 143 Å². The summed E-state index contributed by atoms with van der Waals surface area (Å²) in [7, 11) is -2.36. The Kier molecular flexibility index (Phi) is 7.14. The van der Waals surface area contributed by atoms with Crippen molar-refractivity contribution in [2.24, 2.45) is 5.73 Å². The Morgan fingerprint density at radius 3 is 2.54 bits per heavy atom. The van der Waals surface area contributed by atoms with Crippen molar-refractivity contribution >= 4 is 39.2 Å². The number of anilines is 4. The molecule has 186 valence electrons. The number of aromatic nitrogens is 3. The normalized spacial score (nSPS) is 11.7. The molecule has 14 heteroatoms. The number of sulfonamides is 1. The van der Waals surface area contributed by atoms with E-state index in [4.69, 9.17) is 5.73 Å². The molecule has 0 aliphatic carbocycles. The highest BCUT2D eigenvalue weighted by molar-refractivity contribution is 7.92. The number of nitrogens with zero attached hydrogens (tertiary/aromatic N) is 4. The molecule has 2 heterocycles. The van der Waals surface area contributed by atoms with Crippen LogP contribution in [0.1, 0.15) is 27.0 Å². The van der Waals surface area contributed by atoms with E-state index < -0.39 is 33.5 Å². The van der Waals surface area contributed by atoms with Gasteiger partial charge in [-0.2, -0.15) is 18.2 Å². The van der Waals surface area contributed by atoms with Crippen molar-refractivity contribution in [2.75, 3.05) is 28.2 Å². The molecular weight excluding hydrogens is 487 g/mol. The zero-order valence-corrected chi connectivity index (χ0v) is 19.7. The van der Waals surface area contributed by atoms with Crippen molar-refractivity contribution in [2.45, 2.75) is 19.6 Å². The Hall–Kier alpha value is -3.94. The molecule has 0 aliphatic heterocycles. The van der Waals surface area contributed by atoms with Crippen LogP contribution in [0.15, 0.2) is 42.7 Å². The maximum Gasteiger partial charge on any atom is 0.421 e. The van der Waals surface area contributed by atoms with Crippen molar-refractivity contribution < 1.29 is 26.4 Å². The molecule has 0 fully saturated rings. The summed E-state index contributed by atoms with van der Waals surface area (Å²) in [5, 5.41) is 5.40. The number of aryl methyl sites for hydroxylation is 1. The quantitative estimate of drug-likeness (QED) is 0.420. The van der Waals surface area contributed by atoms with Crippen LogP contribution >= 0.6 is 0 Å². The first-order valence-corrected chi connectivity index (χ1v) is 11.9. The number of primary amides is 1.